The summed E-state index contributed by atoms with van der Waals surface area (Å²) in [5, 5.41) is 9.02. The van der Waals surface area contributed by atoms with E-state index in [1.165, 1.54) is 4.90 Å². The van der Waals surface area contributed by atoms with Crippen molar-refractivity contribution in [2.45, 2.75) is 13.3 Å². The van der Waals surface area contributed by atoms with Crippen LogP contribution < -0.4 is 9.64 Å². The third kappa shape index (κ3) is 3.34. The number of amides is 1. The van der Waals surface area contributed by atoms with Gasteiger partial charge in [0.15, 0.2) is 0 Å². The Hall–Kier alpha value is -2.82. The maximum Gasteiger partial charge on any atom is 0.308 e. The van der Waals surface area contributed by atoms with Gasteiger partial charge in [0, 0.05) is 18.7 Å². The molecular weight excluding hydrogens is 294 g/mol. The van der Waals surface area contributed by atoms with Gasteiger partial charge in [0.05, 0.1) is 5.92 Å². The summed E-state index contributed by atoms with van der Waals surface area (Å²) in [6.07, 6.45) is 0.0525. The molecule has 1 fully saturated rings. The second-order valence-corrected chi connectivity index (χ2v) is 5.65. The standard InChI is InChI=1S/C18H17NO4/c1-12-2-6-15(7-3-12)23-16-8-4-14(5-9-16)19-11-13(18(21)22)10-17(19)20/h2-9,13H,10-11H2,1H3,(H,21,22)/t13-/m1/s1. The Morgan fingerprint density at radius 3 is 2.17 bits per heavy atom. The number of hydrogen-bond acceptors (Lipinski definition) is 3. The number of hydrogen-bond donors (Lipinski definition) is 1. The molecule has 1 saturated heterocycles. The van der Waals surface area contributed by atoms with E-state index < -0.39 is 11.9 Å². The fraction of sp³-hybridized carbons (Fsp3) is 0.222. The van der Waals surface area contributed by atoms with E-state index in [0.717, 1.165) is 11.3 Å². The zero-order valence-corrected chi connectivity index (χ0v) is 12.7. The number of nitrogens with zero attached hydrogens (tertiary/aromatic N) is 1. The Balaban J connectivity index is 1.71. The Labute approximate surface area is 134 Å². The minimum atomic E-state index is -0.930. The van der Waals surface area contributed by atoms with Gasteiger partial charge in [0.25, 0.3) is 0 Å². The van der Waals surface area contributed by atoms with Gasteiger partial charge in [-0.25, -0.2) is 0 Å². The lowest BCUT2D eigenvalue weighted by atomic mass is 10.1. The molecule has 0 bridgehead atoms. The molecule has 0 saturated carbocycles. The first-order valence-electron chi connectivity index (χ1n) is 7.41. The van der Waals surface area contributed by atoms with Crippen LogP contribution in [-0.2, 0) is 9.59 Å². The molecule has 2 aromatic rings. The van der Waals surface area contributed by atoms with Gasteiger partial charge < -0.3 is 14.7 Å². The zero-order valence-electron chi connectivity index (χ0n) is 12.7. The normalized spacial score (nSPS) is 17.3. The van der Waals surface area contributed by atoms with E-state index in [-0.39, 0.29) is 18.9 Å². The van der Waals surface area contributed by atoms with E-state index in [1.807, 2.05) is 31.2 Å². The Morgan fingerprint density at radius 2 is 1.65 bits per heavy atom. The summed E-state index contributed by atoms with van der Waals surface area (Å²) in [6, 6.07) is 14.8. The monoisotopic (exact) mass is 311 g/mol. The van der Waals surface area contributed by atoms with Crippen LogP contribution in [0.15, 0.2) is 48.5 Å². The summed E-state index contributed by atoms with van der Waals surface area (Å²) in [5.74, 6) is -0.318. The van der Waals surface area contributed by atoms with Gasteiger partial charge >= 0.3 is 5.97 Å². The van der Waals surface area contributed by atoms with Crippen LogP contribution in [0, 0.1) is 12.8 Å². The SMILES string of the molecule is Cc1ccc(Oc2ccc(N3C[C@H](C(=O)O)CC3=O)cc2)cc1. The molecule has 23 heavy (non-hydrogen) atoms. The van der Waals surface area contributed by atoms with Gasteiger partial charge in [-0.1, -0.05) is 17.7 Å². The maximum absolute atomic E-state index is 11.9. The van der Waals surface area contributed by atoms with Gasteiger partial charge in [-0.3, -0.25) is 9.59 Å². The molecule has 0 radical (unpaired) electrons. The second-order valence-electron chi connectivity index (χ2n) is 5.65. The topological polar surface area (TPSA) is 66.8 Å². The summed E-state index contributed by atoms with van der Waals surface area (Å²) in [6.45, 7) is 2.22. The summed E-state index contributed by atoms with van der Waals surface area (Å²) in [5.41, 5.74) is 1.85. The average Bonchev–Trinajstić information content (AvgIpc) is 2.93. The average molecular weight is 311 g/mol. The van der Waals surface area contributed by atoms with Crippen LogP contribution in [0.4, 0.5) is 5.69 Å². The minimum Gasteiger partial charge on any atom is -0.481 e. The molecule has 0 unspecified atom stereocenters. The summed E-state index contributed by atoms with van der Waals surface area (Å²) < 4.78 is 5.74. The van der Waals surface area contributed by atoms with E-state index in [0.29, 0.717) is 11.4 Å². The molecular formula is C18H17NO4. The fourth-order valence-corrected chi connectivity index (χ4v) is 2.56. The lowest BCUT2D eigenvalue weighted by Gasteiger charge is -2.16. The third-order valence-electron chi connectivity index (χ3n) is 3.88. The van der Waals surface area contributed by atoms with Gasteiger partial charge in [-0.2, -0.15) is 0 Å². The number of carbonyl (C=O) groups is 2. The molecule has 118 valence electrons. The number of ether oxygens (including phenoxy) is 1. The van der Waals surface area contributed by atoms with Crippen molar-refractivity contribution in [2.75, 3.05) is 11.4 Å². The first-order chi connectivity index (χ1) is 11.0. The first-order valence-corrected chi connectivity index (χ1v) is 7.41. The number of rotatable bonds is 4. The van der Waals surface area contributed by atoms with Crippen LogP contribution in [0.25, 0.3) is 0 Å². The predicted molar refractivity (Wildman–Crippen MR) is 85.8 cm³/mol. The third-order valence-corrected chi connectivity index (χ3v) is 3.88. The highest BCUT2D eigenvalue weighted by Gasteiger charge is 2.34. The Bertz CT molecular complexity index is 722. The van der Waals surface area contributed by atoms with Crippen molar-refractivity contribution in [2.24, 2.45) is 5.92 Å². The number of carboxylic acids is 1. The molecule has 1 amide bonds. The quantitative estimate of drug-likeness (QED) is 0.941. The molecule has 1 heterocycles. The van der Waals surface area contributed by atoms with Crippen LogP contribution in [0.1, 0.15) is 12.0 Å². The van der Waals surface area contributed by atoms with Crippen molar-refractivity contribution in [1.29, 1.82) is 0 Å². The van der Waals surface area contributed by atoms with E-state index in [2.05, 4.69) is 0 Å². The van der Waals surface area contributed by atoms with Crippen LogP contribution >= 0.6 is 0 Å². The van der Waals surface area contributed by atoms with Crippen molar-refractivity contribution in [3.8, 4) is 11.5 Å². The molecule has 1 aliphatic rings. The molecule has 2 aromatic carbocycles. The second kappa shape index (κ2) is 6.12. The van der Waals surface area contributed by atoms with Crippen LogP contribution in [0.5, 0.6) is 11.5 Å². The Morgan fingerprint density at radius 1 is 1.09 bits per heavy atom. The number of aryl methyl sites for hydroxylation is 1. The smallest absolute Gasteiger partial charge is 0.308 e. The van der Waals surface area contributed by atoms with Crippen LogP contribution in [0.3, 0.4) is 0 Å². The van der Waals surface area contributed by atoms with Gasteiger partial charge in [-0.15, -0.1) is 0 Å². The van der Waals surface area contributed by atoms with Crippen molar-refractivity contribution in [3.05, 3.63) is 54.1 Å². The molecule has 0 aromatic heterocycles. The minimum absolute atomic E-state index is 0.0525. The summed E-state index contributed by atoms with van der Waals surface area (Å²) in [4.78, 5) is 24.4. The van der Waals surface area contributed by atoms with Crippen molar-refractivity contribution < 1.29 is 19.4 Å². The molecule has 5 heteroatoms. The van der Waals surface area contributed by atoms with E-state index in [9.17, 15) is 9.59 Å². The van der Waals surface area contributed by atoms with Gasteiger partial charge in [0.1, 0.15) is 11.5 Å². The molecule has 0 spiro atoms. The molecule has 1 aliphatic heterocycles. The predicted octanol–water partition coefficient (Wildman–Crippen LogP) is 3.22. The Kier molecular flexibility index (Phi) is 4.02. The molecule has 5 nitrogen and oxygen atoms in total. The largest absolute Gasteiger partial charge is 0.481 e. The zero-order chi connectivity index (χ0) is 16.4. The highest BCUT2D eigenvalue weighted by atomic mass is 16.5. The van der Waals surface area contributed by atoms with Crippen LogP contribution in [-0.4, -0.2) is 23.5 Å². The van der Waals surface area contributed by atoms with Gasteiger partial charge in [0.2, 0.25) is 5.91 Å². The number of benzene rings is 2. The van der Waals surface area contributed by atoms with Gasteiger partial charge in [-0.05, 0) is 43.3 Å². The van der Waals surface area contributed by atoms with E-state index in [1.54, 1.807) is 24.3 Å². The molecule has 0 aliphatic carbocycles. The molecule has 1 atom stereocenters. The number of anilines is 1. The lowest BCUT2D eigenvalue weighted by molar-refractivity contribution is -0.141. The summed E-state index contributed by atoms with van der Waals surface area (Å²) >= 11 is 0. The lowest BCUT2D eigenvalue weighted by Crippen LogP contribution is -2.25. The van der Waals surface area contributed by atoms with E-state index >= 15 is 0 Å². The van der Waals surface area contributed by atoms with Crippen molar-refractivity contribution in [1.82, 2.24) is 0 Å². The highest BCUT2D eigenvalue weighted by Crippen LogP contribution is 2.28. The first kappa shape index (κ1) is 15.1. The summed E-state index contributed by atoms with van der Waals surface area (Å²) in [7, 11) is 0. The van der Waals surface area contributed by atoms with Crippen LogP contribution in [0.2, 0.25) is 0 Å². The molecule has 1 N–H and O–H groups in total. The number of carbonyl (C=O) groups excluding carboxylic acids is 1. The van der Waals surface area contributed by atoms with Crippen molar-refractivity contribution >= 4 is 17.6 Å². The number of carboxylic acid groups (broad SMARTS) is 1. The van der Waals surface area contributed by atoms with E-state index in [4.69, 9.17) is 9.84 Å². The maximum atomic E-state index is 11.9. The molecule has 3 rings (SSSR count). The highest BCUT2D eigenvalue weighted by molar-refractivity contribution is 5.99. The number of aliphatic carboxylic acids is 1. The fourth-order valence-electron chi connectivity index (χ4n) is 2.56. The van der Waals surface area contributed by atoms with Crippen molar-refractivity contribution in [3.63, 3.8) is 0 Å².